The molecule has 0 unspecified atom stereocenters. The average Bonchev–Trinajstić information content (AvgIpc) is 3.60. The molecular formula is C31H49N3O7. The van der Waals surface area contributed by atoms with E-state index >= 15 is 0 Å². The van der Waals surface area contributed by atoms with Crippen molar-refractivity contribution in [1.29, 1.82) is 0 Å². The van der Waals surface area contributed by atoms with E-state index in [4.69, 9.17) is 14.6 Å². The lowest BCUT2D eigenvalue weighted by Gasteiger charge is -2.36. The molecule has 0 aromatic heterocycles. The summed E-state index contributed by atoms with van der Waals surface area (Å²) in [6, 6.07) is -0.806. The van der Waals surface area contributed by atoms with Gasteiger partial charge in [-0.15, -0.1) is 13.2 Å². The van der Waals surface area contributed by atoms with Gasteiger partial charge < -0.3 is 29.7 Å². The molecular weight excluding hydrogens is 526 g/mol. The Morgan fingerprint density at radius 2 is 1.98 bits per heavy atom. The molecule has 41 heavy (non-hydrogen) atoms. The number of nitrogens with zero attached hydrogens (tertiary/aromatic N) is 2. The zero-order valence-corrected chi connectivity index (χ0v) is 24.9. The van der Waals surface area contributed by atoms with Crippen LogP contribution in [0.2, 0.25) is 0 Å². The first kappa shape index (κ1) is 32.8. The molecule has 0 aliphatic carbocycles. The van der Waals surface area contributed by atoms with E-state index < -0.39 is 41.7 Å². The summed E-state index contributed by atoms with van der Waals surface area (Å²) in [6.45, 7) is 12.8. The van der Waals surface area contributed by atoms with E-state index in [1.54, 1.807) is 28.9 Å². The molecule has 10 nitrogen and oxygen atoms in total. The number of esters is 1. The minimum Gasteiger partial charge on any atom is -0.460 e. The van der Waals surface area contributed by atoms with Crippen LogP contribution in [0.3, 0.4) is 0 Å². The van der Waals surface area contributed by atoms with Gasteiger partial charge in [0.25, 0.3) is 0 Å². The summed E-state index contributed by atoms with van der Waals surface area (Å²) in [4.78, 5) is 57.1. The number of allylic oxidation sites excluding steroid dienone is 1. The van der Waals surface area contributed by atoms with Crippen molar-refractivity contribution in [3.05, 3.63) is 25.3 Å². The lowest BCUT2D eigenvalue weighted by molar-refractivity contribution is -0.159. The highest BCUT2D eigenvalue weighted by Crippen LogP contribution is 2.58. The van der Waals surface area contributed by atoms with E-state index in [0.29, 0.717) is 58.2 Å². The highest BCUT2D eigenvalue weighted by atomic mass is 16.6. The lowest BCUT2D eigenvalue weighted by atomic mass is 9.70. The Morgan fingerprint density at radius 3 is 2.66 bits per heavy atom. The number of likely N-dealkylation sites (tertiary alicyclic amines) is 1. The van der Waals surface area contributed by atoms with E-state index in [-0.39, 0.29) is 30.9 Å². The van der Waals surface area contributed by atoms with Crippen LogP contribution in [0.15, 0.2) is 25.3 Å². The zero-order chi connectivity index (χ0) is 30.0. The van der Waals surface area contributed by atoms with Crippen LogP contribution in [-0.4, -0.2) is 95.2 Å². The second-order valence-electron chi connectivity index (χ2n) is 11.5. The maximum Gasteiger partial charge on any atom is 0.312 e. The topological polar surface area (TPSA) is 125 Å². The standard InChI is InChI=1S/C31H49N3O7/c1-5-8-14-24(36)32-21-22(4)40-30(39)25-23-15-16-31(41-23)26(25)28(37)34(19-12-10-11-13-20-35)27(31)29(38)33(17-7-3)18-9-6-2/h5,7,22-23,25-27,35H,1,3,6,8-21H2,2,4H3,(H,32,36)/t22-,23-,25+,26+,27-,31+/m0/s1. The third kappa shape index (κ3) is 7.38. The molecule has 10 heteroatoms. The van der Waals surface area contributed by atoms with Gasteiger partial charge in [-0.3, -0.25) is 19.2 Å². The lowest BCUT2D eigenvalue weighted by Crippen LogP contribution is -2.56. The van der Waals surface area contributed by atoms with Crippen molar-refractivity contribution in [3.8, 4) is 0 Å². The maximum atomic E-state index is 14.1. The van der Waals surface area contributed by atoms with E-state index in [1.165, 1.54) is 0 Å². The molecule has 3 saturated heterocycles. The molecule has 3 aliphatic rings. The summed E-state index contributed by atoms with van der Waals surface area (Å²) in [5.74, 6) is -2.64. The van der Waals surface area contributed by atoms with Crippen LogP contribution in [0.1, 0.15) is 78.1 Å². The molecule has 3 amide bonds. The van der Waals surface area contributed by atoms with Gasteiger partial charge in [0.15, 0.2) is 0 Å². The number of unbranched alkanes of at least 4 members (excludes halogenated alkanes) is 4. The van der Waals surface area contributed by atoms with Crippen LogP contribution in [0.25, 0.3) is 0 Å². The second-order valence-corrected chi connectivity index (χ2v) is 11.5. The summed E-state index contributed by atoms with van der Waals surface area (Å²) < 4.78 is 12.2. The van der Waals surface area contributed by atoms with Crippen molar-refractivity contribution in [1.82, 2.24) is 15.1 Å². The van der Waals surface area contributed by atoms with Crippen molar-refractivity contribution in [3.63, 3.8) is 0 Å². The SMILES string of the molecule is C=CCCC(=O)NC[C@H](C)OC(=O)[C@@H]1[C@@H]2CC[C@]3(O2)[C@H](C(=O)N(CC=C)CCCC)N(CCCCCCO)C(=O)[C@@H]13. The van der Waals surface area contributed by atoms with Crippen molar-refractivity contribution in [2.45, 2.75) is 102 Å². The molecule has 0 aromatic carbocycles. The zero-order valence-electron chi connectivity index (χ0n) is 24.9. The summed E-state index contributed by atoms with van der Waals surface area (Å²) >= 11 is 0. The minimum absolute atomic E-state index is 0.124. The first-order chi connectivity index (χ1) is 19.7. The number of hydrogen-bond acceptors (Lipinski definition) is 7. The largest absolute Gasteiger partial charge is 0.460 e. The maximum absolute atomic E-state index is 14.1. The number of nitrogens with one attached hydrogen (secondary N) is 1. The van der Waals surface area contributed by atoms with Crippen LogP contribution in [0.5, 0.6) is 0 Å². The predicted molar refractivity (Wildman–Crippen MR) is 155 cm³/mol. The Morgan fingerprint density at radius 1 is 1.22 bits per heavy atom. The molecule has 0 saturated carbocycles. The molecule has 1 spiro atoms. The number of ether oxygens (including phenoxy) is 2. The van der Waals surface area contributed by atoms with Crippen LogP contribution < -0.4 is 5.32 Å². The van der Waals surface area contributed by atoms with Crippen LogP contribution in [0, 0.1) is 11.8 Å². The molecule has 2 N–H and O–H groups in total. The molecule has 6 atom stereocenters. The first-order valence-electron chi connectivity index (χ1n) is 15.3. The number of rotatable bonds is 19. The van der Waals surface area contributed by atoms with Gasteiger partial charge in [0.1, 0.15) is 17.7 Å². The summed E-state index contributed by atoms with van der Waals surface area (Å²) in [5, 5.41) is 11.9. The highest BCUT2D eigenvalue weighted by molar-refractivity contribution is 5.98. The van der Waals surface area contributed by atoms with Gasteiger partial charge in [-0.05, 0) is 45.4 Å². The average molecular weight is 576 g/mol. The normalized spacial score (nSPS) is 26.9. The molecule has 2 bridgehead atoms. The Balaban J connectivity index is 1.80. The first-order valence-corrected chi connectivity index (χ1v) is 15.3. The molecule has 230 valence electrons. The third-order valence-corrected chi connectivity index (χ3v) is 8.54. The number of carbonyl (C=O) groups is 4. The fourth-order valence-electron chi connectivity index (χ4n) is 6.56. The van der Waals surface area contributed by atoms with Gasteiger partial charge in [0.2, 0.25) is 17.7 Å². The Kier molecular flexibility index (Phi) is 12.4. The Hall–Kier alpha value is -2.72. The fourth-order valence-corrected chi connectivity index (χ4v) is 6.56. The number of aliphatic hydroxyl groups is 1. The summed E-state index contributed by atoms with van der Waals surface area (Å²) in [7, 11) is 0. The number of hydrogen-bond donors (Lipinski definition) is 2. The molecule has 0 radical (unpaired) electrons. The monoisotopic (exact) mass is 575 g/mol. The van der Waals surface area contributed by atoms with Crippen molar-refractivity contribution >= 4 is 23.7 Å². The van der Waals surface area contributed by atoms with E-state index in [1.807, 2.05) is 0 Å². The Labute approximate surface area is 244 Å². The van der Waals surface area contributed by atoms with Crippen molar-refractivity contribution in [2.24, 2.45) is 11.8 Å². The number of carbonyl (C=O) groups excluding carboxylic acids is 4. The molecule has 3 heterocycles. The van der Waals surface area contributed by atoms with Gasteiger partial charge in [0.05, 0.1) is 24.5 Å². The highest BCUT2D eigenvalue weighted by Gasteiger charge is 2.75. The van der Waals surface area contributed by atoms with Crippen molar-refractivity contribution in [2.75, 3.05) is 32.8 Å². The fraction of sp³-hybridized carbons (Fsp3) is 0.742. The predicted octanol–water partition coefficient (Wildman–Crippen LogP) is 2.74. The molecule has 0 aromatic rings. The quantitative estimate of drug-likeness (QED) is 0.138. The molecule has 3 aliphatic heterocycles. The summed E-state index contributed by atoms with van der Waals surface area (Å²) in [5.41, 5.74) is -1.07. The van der Waals surface area contributed by atoms with Crippen LogP contribution >= 0.6 is 0 Å². The smallest absolute Gasteiger partial charge is 0.312 e. The molecule has 3 fully saturated rings. The summed E-state index contributed by atoms with van der Waals surface area (Å²) in [6.07, 6.45) is 9.06. The van der Waals surface area contributed by atoms with E-state index in [2.05, 4.69) is 25.4 Å². The number of amides is 3. The van der Waals surface area contributed by atoms with Gasteiger partial charge >= 0.3 is 5.97 Å². The van der Waals surface area contributed by atoms with Gasteiger partial charge in [-0.1, -0.05) is 38.3 Å². The minimum atomic E-state index is -1.07. The van der Waals surface area contributed by atoms with Gasteiger partial charge in [-0.2, -0.15) is 0 Å². The number of fused-ring (bicyclic) bond motifs is 1. The Bertz CT molecular complexity index is 956. The van der Waals surface area contributed by atoms with Gasteiger partial charge in [0, 0.05) is 32.7 Å². The second kappa shape index (κ2) is 15.5. The number of aliphatic hydroxyl groups excluding tert-OH is 1. The van der Waals surface area contributed by atoms with Gasteiger partial charge in [-0.25, -0.2) is 0 Å². The van der Waals surface area contributed by atoms with E-state index in [0.717, 1.165) is 25.7 Å². The molecule has 3 rings (SSSR count). The third-order valence-electron chi connectivity index (χ3n) is 8.54. The van der Waals surface area contributed by atoms with Crippen LogP contribution in [0.4, 0.5) is 0 Å². The van der Waals surface area contributed by atoms with Crippen LogP contribution in [-0.2, 0) is 28.7 Å². The van der Waals surface area contributed by atoms with Crippen molar-refractivity contribution < 1.29 is 33.8 Å². The van der Waals surface area contributed by atoms with E-state index in [9.17, 15) is 19.2 Å².